The zero-order chi connectivity index (χ0) is 29.5. The molecular weight excluding hydrogens is 544 g/mol. The zero-order valence-corrected chi connectivity index (χ0v) is 24.4. The summed E-state index contributed by atoms with van der Waals surface area (Å²) in [6.07, 6.45) is -0.731. The highest BCUT2D eigenvalue weighted by atomic mass is 32.2. The number of hydrogen-bond acceptors (Lipinski definition) is 7. The summed E-state index contributed by atoms with van der Waals surface area (Å²) in [6, 6.07) is 24.6. The fourth-order valence-electron chi connectivity index (χ4n) is 4.55. The van der Waals surface area contributed by atoms with E-state index in [4.69, 9.17) is 14.3 Å². The Morgan fingerprint density at radius 3 is 2.00 bits per heavy atom. The second-order valence-electron chi connectivity index (χ2n) is 11.0. The van der Waals surface area contributed by atoms with Gasteiger partial charge in [-0.3, -0.25) is 9.63 Å². The number of sulfone groups is 1. The number of likely N-dealkylation sites (tertiary alicyclic amines) is 1. The minimum atomic E-state index is -4.02. The number of nitrogens with one attached hydrogen (secondary N) is 1. The van der Waals surface area contributed by atoms with Crippen LogP contribution in [0.15, 0.2) is 89.8 Å². The average Bonchev–Trinajstić information content (AvgIpc) is 2.96. The number of piperidine rings is 1. The molecular formula is C31H36N2O7S. The van der Waals surface area contributed by atoms with Crippen LogP contribution in [-0.2, 0) is 30.8 Å². The molecule has 9 nitrogen and oxygen atoms in total. The summed E-state index contributed by atoms with van der Waals surface area (Å²) in [5, 5.41) is 0. The van der Waals surface area contributed by atoms with E-state index in [1.54, 1.807) is 45.0 Å². The normalized spacial score (nSPS) is 15.1. The quantitative estimate of drug-likeness (QED) is 0.325. The second kappa shape index (κ2) is 12.7. The van der Waals surface area contributed by atoms with Crippen molar-refractivity contribution in [3.63, 3.8) is 0 Å². The van der Waals surface area contributed by atoms with E-state index in [0.717, 1.165) is 5.56 Å². The minimum Gasteiger partial charge on any atom is -0.457 e. The molecule has 1 aliphatic heterocycles. The maximum Gasteiger partial charge on any atom is 0.410 e. The van der Waals surface area contributed by atoms with E-state index in [0.29, 0.717) is 11.5 Å². The number of nitrogens with zero attached hydrogens (tertiary/aromatic N) is 1. The Kier molecular flexibility index (Phi) is 9.35. The topological polar surface area (TPSA) is 111 Å². The van der Waals surface area contributed by atoms with Crippen LogP contribution >= 0.6 is 0 Å². The largest absolute Gasteiger partial charge is 0.457 e. The van der Waals surface area contributed by atoms with E-state index in [-0.39, 0.29) is 43.9 Å². The lowest BCUT2D eigenvalue weighted by Crippen LogP contribution is -2.53. The van der Waals surface area contributed by atoms with E-state index in [9.17, 15) is 18.0 Å². The van der Waals surface area contributed by atoms with Gasteiger partial charge < -0.3 is 14.4 Å². The first-order chi connectivity index (χ1) is 19.5. The maximum absolute atomic E-state index is 14.1. The molecule has 3 aromatic carbocycles. The third kappa shape index (κ3) is 7.86. The van der Waals surface area contributed by atoms with Crippen LogP contribution in [0.2, 0.25) is 0 Å². The maximum atomic E-state index is 14.1. The van der Waals surface area contributed by atoms with Gasteiger partial charge in [0.1, 0.15) is 18.1 Å². The van der Waals surface area contributed by atoms with Gasteiger partial charge in [0.05, 0.1) is 15.2 Å². The van der Waals surface area contributed by atoms with Crippen LogP contribution in [0.5, 0.6) is 11.5 Å². The lowest BCUT2D eigenvalue weighted by molar-refractivity contribution is -0.146. The number of ether oxygens (including phenoxy) is 2. The third-order valence-corrected chi connectivity index (χ3v) is 9.36. The Labute approximate surface area is 241 Å². The van der Waals surface area contributed by atoms with Gasteiger partial charge in [-0.25, -0.2) is 18.7 Å². The number of hydrogen-bond donors (Lipinski definition) is 1. The van der Waals surface area contributed by atoms with Crippen LogP contribution in [0.1, 0.15) is 45.6 Å². The van der Waals surface area contributed by atoms with Gasteiger partial charge >= 0.3 is 6.09 Å². The molecule has 218 valence electrons. The Morgan fingerprint density at radius 1 is 0.854 bits per heavy atom. The van der Waals surface area contributed by atoms with Crippen molar-refractivity contribution in [1.29, 1.82) is 0 Å². The highest BCUT2D eigenvalue weighted by molar-refractivity contribution is 7.92. The molecule has 10 heteroatoms. The molecule has 0 radical (unpaired) electrons. The Bertz CT molecular complexity index is 1410. The number of benzene rings is 3. The van der Waals surface area contributed by atoms with Gasteiger partial charge in [0, 0.05) is 19.5 Å². The summed E-state index contributed by atoms with van der Waals surface area (Å²) in [6.45, 7) is 5.68. The van der Waals surface area contributed by atoms with Crippen molar-refractivity contribution < 1.29 is 32.3 Å². The molecule has 2 amide bonds. The minimum absolute atomic E-state index is 0.0565. The third-order valence-electron chi connectivity index (χ3n) is 6.77. The monoisotopic (exact) mass is 580 g/mol. The molecule has 0 aromatic heterocycles. The molecule has 41 heavy (non-hydrogen) atoms. The fraction of sp³-hybridized carbons (Fsp3) is 0.355. The summed E-state index contributed by atoms with van der Waals surface area (Å²) in [5.41, 5.74) is 2.60. The molecule has 0 unspecified atom stereocenters. The molecule has 4 rings (SSSR count). The van der Waals surface area contributed by atoms with Crippen LogP contribution in [0.25, 0.3) is 0 Å². The van der Waals surface area contributed by atoms with Gasteiger partial charge in [-0.15, -0.1) is 0 Å². The van der Waals surface area contributed by atoms with Gasteiger partial charge in [0.15, 0.2) is 9.84 Å². The van der Waals surface area contributed by atoms with Gasteiger partial charge in [-0.2, -0.15) is 0 Å². The van der Waals surface area contributed by atoms with Crippen molar-refractivity contribution in [2.45, 2.75) is 61.9 Å². The van der Waals surface area contributed by atoms with Gasteiger partial charge in [-0.1, -0.05) is 48.5 Å². The van der Waals surface area contributed by atoms with Crippen molar-refractivity contribution in [2.75, 3.05) is 13.1 Å². The van der Waals surface area contributed by atoms with Crippen LogP contribution < -0.4 is 10.2 Å². The number of carbonyl (C=O) groups is 2. The molecule has 1 N–H and O–H groups in total. The summed E-state index contributed by atoms with van der Waals surface area (Å²) >= 11 is 0. The first-order valence-electron chi connectivity index (χ1n) is 13.5. The van der Waals surface area contributed by atoms with Crippen molar-refractivity contribution in [3.8, 4) is 11.5 Å². The van der Waals surface area contributed by atoms with E-state index >= 15 is 0 Å². The van der Waals surface area contributed by atoms with Gasteiger partial charge in [-0.05, 0) is 75.6 Å². The van der Waals surface area contributed by atoms with Crippen molar-refractivity contribution in [3.05, 3.63) is 90.5 Å². The second-order valence-corrected chi connectivity index (χ2v) is 13.4. The highest BCUT2D eigenvalue weighted by Gasteiger charge is 2.49. The average molecular weight is 581 g/mol. The molecule has 3 aromatic rings. The van der Waals surface area contributed by atoms with Crippen molar-refractivity contribution in [2.24, 2.45) is 0 Å². The van der Waals surface area contributed by atoms with Gasteiger partial charge in [0.25, 0.3) is 0 Å². The molecule has 0 saturated carbocycles. The SMILES string of the molecule is CC(C)(C)ONC(=O)CC1(S(=O)(=O)c2ccc(Oc3ccccc3)cc2)CCN(C(=O)OCc2ccccc2)CC1. The molecule has 0 atom stereocenters. The van der Waals surface area contributed by atoms with Gasteiger partial charge in [0.2, 0.25) is 5.91 Å². The first-order valence-corrected chi connectivity index (χ1v) is 15.0. The molecule has 0 bridgehead atoms. The predicted octanol–water partition coefficient (Wildman–Crippen LogP) is 5.66. The van der Waals surface area contributed by atoms with Crippen LogP contribution in [0.3, 0.4) is 0 Å². The molecule has 0 aliphatic carbocycles. The zero-order valence-electron chi connectivity index (χ0n) is 23.5. The smallest absolute Gasteiger partial charge is 0.410 e. The van der Waals surface area contributed by atoms with Crippen LogP contribution in [-0.4, -0.2) is 48.8 Å². The molecule has 1 heterocycles. The fourth-order valence-corrected chi connectivity index (χ4v) is 6.58. The molecule has 0 spiro atoms. The number of hydroxylamine groups is 1. The van der Waals surface area contributed by atoms with Crippen LogP contribution in [0, 0.1) is 0 Å². The summed E-state index contributed by atoms with van der Waals surface area (Å²) < 4.78 is 38.0. The standard InChI is InChI=1S/C31H36N2O7S/c1-30(2,3)40-32-28(34)22-31(18-20-33(21-19-31)29(35)38-23-24-10-6-4-7-11-24)41(36,37)27-16-14-26(15-17-27)39-25-12-8-5-9-13-25/h4-17H,18-23H2,1-3H3,(H,32,34). The number of carbonyl (C=O) groups excluding carboxylic acids is 2. The van der Waals surface area contributed by atoms with E-state index in [2.05, 4.69) is 5.48 Å². The van der Waals surface area contributed by atoms with Crippen molar-refractivity contribution in [1.82, 2.24) is 10.4 Å². The molecule has 1 saturated heterocycles. The first kappa shape index (κ1) is 30.1. The Balaban J connectivity index is 1.50. The summed E-state index contributed by atoms with van der Waals surface area (Å²) in [7, 11) is -4.02. The summed E-state index contributed by atoms with van der Waals surface area (Å²) in [5.74, 6) is 0.561. The Morgan fingerprint density at radius 2 is 1.41 bits per heavy atom. The van der Waals surface area contributed by atoms with E-state index in [1.807, 2.05) is 48.5 Å². The predicted molar refractivity (Wildman–Crippen MR) is 154 cm³/mol. The highest BCUT2D eigenvalue weighted by Crippen LogP contribution is 2.39. The lowest BCUT2D eigenvalue weighted by atomic mass is 9.92. The number of para-hydroxylation sites is 1. The van der Waals surface area contributed by atoms with E-state index in [1.165, 1.54) is 17.0 Å². The lowest BCUT2D eigenvalue weighted by Gasteiger charge is -2.40. The van der Waals surface area contributed by atoms with Crippen LogP contribution in [0.4, 0.5) is 4.79 Å². The number of rotatable bonds is 9. The molecule has 1 aliphatic rings. The van der Waals surface area contributed by atoms with Crippen molar-refractivity contribution >= 4 is 21.8 Å². The number of amides is 2. The Hall–Kier alpha value is -3.89. The summed E-state index contributed by atoms with van der Waals surface area (Å²) in [4.78, 5) is 32.7. The molecule has 1 fully saturated rings. The van der Waals surface area contributed by atoms with E-state index < -0.39 is 32.2 Å².